The van der Waals surface area contributed by atoms with Crippen molar-refractivity contribution < 1.29 is 4.74 Å². The van der Waals surface area contributed by atoms with Gasteiger partial charge in [0.05, 0.1) is 11.6 Å². The molecular weight excluding hydrogens is 202 g/mol. The molecule has 1 N–H and O–H groups in total. The maximum absolute atomic E-state index is 5.21. The lowest BCUT2D eigenvalue weighted by Gasteiger charge is -2.06. The monoisotopic (exact) mass is 219 g/mol. The van der Waals surface area contributed by atoms with E-state index >= 15 is 0 Å². The van der Waals surface area contributed by atoms with Gasteiger partial charge in [-0.15, -0.1) is 0 Å². The first-order valence-electron chi connectivity index (χ1n) is 5.54. The van der Waals surface area contributed by atoms with E-state index in [2.05, 4.69) is 21.9 Å². The van der Waals surface area contributed by atoms with E-state index in [9.17, 15) is 0 Å². The fourth-order valence-corrected chi connectivity index (χ4v) is 1.61. The van der Waals surface area contributed by atoms with Crippen molar-refractivity contribution in [1.82, 2.24) is 15.0 Å². The topological polar surface area (TPSA) is 50.8 Å². The number of fused-ring (bicyclic) bond motifs is 1. The van der Waals surface area contributed by atoms with Crippen LogP contribution in [0.15, 0.2) is 12.1 Å². The molecule has 2 rings (SSSR count). The molecule has 1 unspecified atom stereocenters. The van der Waals surface area contributed by atoms with E-state index < -0.39 is 0 Å². The van der Waals surface area contributed by atoms with E-state index in [0.717, 1.165) is 35.5 Å². The number of aromatic amines is 1. The summed E-state index contributed by atoms with van der Waals surface area (Å²) >= 11 is 0. The zero-order chi connectivity index (χ0) is 11.5. The molecule has 0 aliphatic heterocycles. The molecule has 1 atom stereocenters. The standard InChI is InChI=1S/C12H17N3O/c1-8-4-6-10-12(13-8)15-11(14-10)7-5-9(2)16-3/h4,6,9H,5,7H2,1-3H3,(H,13,14,15). The second-order valence-corrected chi connectivity index (χ2v) is 4.09. The highest BCUT2D eigenvalue weighted by atomic mass is 16.5. The minimum Gasteiger partial charge on any atom is -0.382 e. The van der Waals surface area contributed by atoms with Crippen LogP contribution in [0, 0.1) is 6.92 Å². The number of methoxy groups -OCH3 is 1. The Labute approximate surface area is 95.1 Å². The van der Waals surface area contributed by atoms with Crippen LogP contribution in [0.4, 0.5) is 0 Å². The number of H-pyrrole nitrogens is 1. The first-order valence-corrected chi connectivity index (χ1v) is 5.54. The molecule has 0 spiro atoms. The Kier molecular flexibility index (Phi) is 3.19. The largest absolute Gasteiger partial charge is 0.382 e. The molecule has 16 heavy (non-hydrogen) atoms. The summed E-state index contributed by atoms with van der Waals surface area (Å²) in [6, 6.07) is 4.01. The molecule has 86 valence electrons. The second kappa shape index (κ2) is 4.61. The molecule has 0 aliphatic rings. The summed E-state index contributed by atoms with van der Waals surface area (Å²) in [4.78, 5) is 12.1. The number of rotatable bonds is 4. The van der Waals surface area contributed by atoms with Crippen molar-refractivity contribution in [3.05, 3.63) is 23.7 Å². The molecule has 0 aliphatic carbocycles. The Morgan fingerprint density at radius 1 is 1.38 bits per heavy atom. The molecule has 0 bridgehead atoms. The van der Waals surface area contributed by atoms with E-state index in [1.807, 2.05) is 19.1 Å². The number of pyridine rings is 1. The van der Waals surface area contributed by atoms with Crippen molar-refractivity contribution in [1.29, 1.82) is 0 Å². The highest BCUT2D eigenvalue weighted by Gasteiger charge is 2.06. The van der Waals surface area contributed by atoms with Crippen molar-refractivity contribution >= 4 is 11.2 Å². The average molecular weight is 219 g/mol. The van der Waals surface area contributed by atoms with Gasteiger partial charge in [-0.3, -0.25) is 0 Å². The number of aromatic nitrogens is 3. The van der Waals surface area contributed by atoms with Gasteiger partial charge in [-0.05, 0) is 32.4 Å². The molecule has 2 heterocycles. The van der Waals surface area contributed by atoms with Gasteiger partial charge in [0.2, 0.25) is 0 Å². The summed E-state index contributed by atoms with van der Waals surface area (Å²) in [7, 11) is 1.73. The quantitative estimate of drug-likeness (QED) is 0.858. The van der Waals surface area contributed by atoms with Crippen LogP contribution in [-0.4, -0.2) is 28.2 Å². The number of imidazole rings is 1. The summed E-state index contributed by atoms with van der Waals surface area (Å²) in [6.07, 6.45) is 2.13. The van der Waals surface area contributed by atoms with Crippen molar-refractivity contribution in [2.24, 2.45) is 0 Å². The normalized spacial score (nSPS) is 13.2. The van der Waals surface area contributed by atoms with Crippen molar-refractivity contribution in [2.45, 2.75) is 32.8 Å². The molecule has 0 radical (unpaired) electrons. The number of hydrogen-bond acceptors (Lipinski definition) is 3. The van der Waals surface area contributed by atoms with Crippen LogP contribution in [0.25, 0.3) is 11.2 Å². The number of nitrogens with zero attached hydrogens (tertiary/aromatic N) is 2. The third-order valence-corrected chi connectivity index (χ3v) is 2.72. The Hall–Kier alpha value is -1.42. The zero-order valence-electron chi connectivity index (χ0n) is 9.95. The lowest BCUT2D eigenvalue weighted by atomic mass is 10.2. The fraction of sp³-hybridized carbons (Fsp3) is 0.500. The molecular formula is C12H17N3O. The van der Waals surface area contributed by atoms with Crippen LogP contribution in [0.3, 0.4) is 0 Å². The summed E-state index contributed by atoms with van der Waals surface area (Å²) < 4.78 is 5.21. The SMILES string of the molecule is COC(C)CCc1nc2nc(C)ccc2[nH]1. The van der Waals surface area contributed by atoms with Gasteiger partial charge in [0, 0.05) is 19.2 Å². The van der Waals surface area contributed by atoms with E-state index in [1.54, 1.807) is 7.11 Å². The third kappa shape index (κ3) is 2.39. The lowest BCUT2D eigenvalue weighted by molar-refractivity contribution is 0.111. The number of ether oxygens (including phenoxy) is 1. The minimum atomic E-state index is 0.267. The van der Waals surface area contributed by atoms with Gasteiger partial charge >= 0.3 is 0 Å². The van der Waals surface area contributed by atoms with Crippen LogP contribution in [0.1, 0.15) is 24.9 Å². The Bertz CT molecular complexity index is 478. The Morgan fingerprint density at radius 2 is 2.19 bits per heavy atom. The molecule has 2 aromatic heterocycles. The zero-order valence-corrected chi connectivity index (χ0v) is 9.95. The molecule has 0 amide bonds. The van der Waals surface area contributed by atoms with Crippen LogP contribution in [-0.2, 0) is 11.2 Å². The van der Waals surface area contributed by atoms with Crippen molar-refractivity contribution in [3.63, 3.8) is 0 Å². The van der Waals surface area contributed by atoms with Gasteiger partial charge in [0.1, 0.15) is 5.82 Å². The molecule has 0 saturated carbocycles. The molecule has 2 aromatic rings. The summed E-state index contributed by atoms with van der Waals surface area (Å²) in [6.45, 7) is 4.03. The third-order valence-electron chi connectivity index (χ3n) is 2.72. The van der Waals surface area contributed by atoms with E-state index in [4.69, 9.17) is 4.74 Å². The van der Waals surface area contributed by atoms with Gasteiger partial charge in [-0.2, -0.15) is 0 Å². The van der Waals surface area contributed by atoms with Crippen LogP contribution in [0.5, 0.6) is 0 Å². The summed E-state index contributed by atoms with van der Waals surface area (Å²) in [5, 5.41) is 0. The van der Waals surface area contributed by atoms with Gasteiger partial charge in [-0.25, -0.2) is 9.97 Å². The minimum absolute atomic E-state index is 0.267. The Morgan fingerprint density at radius 3 is 2.94 bits per heavy atom. The predicted molar refractivity (Wildman–Crippen MR) is 63.4 cm³/mol. The highest BCUT2D eigenvalue weighted by Crippen LogP contribution is 2.11. The molecule has 4 heteroatoms. The second-order valence-electron chi connectivity index (χ2n) is 4.09. The van der Waals surface area contributed by atoms with E-state index in [-0.39, 0.29) is 6.10 Å². The molecule has 4 nitrogen and oxygen atoms in total. The van der Waals surface area contributed by atoms with Gasteiger partial charge < -0.3 is 9.72 Å². The maximum Gasteiger partial charge on any atom is 0.177 e. The Balaban J connectivity index is 2.13. The summed E-state index contributed by atoms with van der Waals surface area (Å²) in [5.74, 6) is 0.983. The van der Waals surface area contributed by atoms with Crippen LogP contribution >= 0.6 is 0 Å². The smallest absolute Gasteiger partial charge is 0.177 e. The van der Waals surface area contributed by atoms with Crippen LogP contribution < -0.4 is 0 Å². The highest BCUT2D eigenvalue weighted by molar-refractivity contribution is 5.70. The fourth-order valence-electron chi connectivity index (χ4n) is 1.61. The van der Waals surface area contributed by atoms with Gasteiger partial charge in [0.25, 0.3) is 0 Å². The van der Waals surface area contributed by atoms with E-state index in [0.29, 0.717) is 0 Å². The van der Waals surface area contributed by atoms with Crippen LogP contribution in [0.2, 0.25) is 0 Å². The number of hydrogen-bond donors (Lipinski definition) is 1. The summed E-state index contributed by atoms with van der Waals surface area (Å²) in [5.41, 5.74) is 2.81. The first kappa shape index (κ1) is 11.1. The maximum atomic E-state index is 5.21. The lowest BCUT2D eigenvalue weighted by Crippen LogP contribution is -2.06. The molecule has 0 aromatic carbocycles. The number of aryl methyl sites for hydroxylation is 2. The van der Waals surface area contributed by atoms with Gasteiger partial charge in [0.15, 0.2) is 5.65 Å². The van der Waals surface area contributed by atoms with Gasteiger partial charge in [-0.1, -0.05) is 0 Å². The first-order chi connectivity index (χ1) is 7.69. The van der Waals surface area contributed by atoms with Crippen molar-refractivity contribution in [3.8, 4) is 0 Å². The van der Waals surface area contributed by atoms with Crippen molar-refractivity contribution in [2.75, 3.05) is 7.11 Å². The molecule has 0 saturated heterocycles. The molecule has 0 fully saturated rings. The number of nitrogens with one attached hydrogen (secondary N) is 1. The van der Waals surface area contributed by atoms with E-state index in [1.165, 1.54) is 0 Å². The average Bonchev–Trinajstić information content (AvgIpc) is 2.67. The predicted octanol–water partition coefficient (Wildman–Crippen LogP) is 2.23.